The van der Waals surface area contributed by atoms with Crippen LogP contribution in [0.25, 0.3) is 98.6 Å². The highest BCUT2D eigenvalue weighted by molar-refractivity contribution is 7.25. The summed E-state index contributed by atoms with van der Waals surface area (Å²) < 4.78 is 2.62. The van der Waals surface area contributed by atoms with Crippen LogP contribution in [0.5, 0.6) is 0 Å². The van der Waals surface area contributed by atoms with Crippen molar-refractivity contribution in [2.45, 2.75) is 5.41 Å². The molecule has 0 aliphatic heterocycles. The summed E-state index contributed by atoms with van der Waals surface area (Å²) in [7, 11) is 0. The highest BCUT2D eigenvalue weighted by Gasteiger charge is 2.50. The lowest BCUT2D eigenvalue weighted by atomic mass is 9.65. The molecule has 0 saturated heterocycles. The van der Waals surface area contributed by atoms with Crippen LogP contribution < -0.4 is 0 Å². The van der Waals surface area contributed by atoms with E-state index in [4.69, 9.17) is 9.97 Å². The quantitative estimate of drug-likeness (QED) is 0.178. The van der Waals surface area contributed by atoms with Crippen molar-refractivity contribution in [2.24, 2.45) is 0 Å². The van der Waals surface area contributed by atoms with Crippen molar-refractivity contribution in [3.8, 4) is 78.4 Å². The van der Waals surface area contributed by atoms with Crippen LogP contribution in [-0.4, -0.2) is 15.0 Å². The van der Waals surface area contributed by atoms with Crippen LogP contribution in [0.4, 0.5) is 0 Å². The summed E-state index contributed by atoms with van der Waals surface area (Å²) >= 11 is 1.88. The molecule has 62 heavy (non-hydrogen) atoms. The predicted octanol–water partition coefficient (Wildman–Crippen LogP) is 14.9. The van der Waals surface area contributed by atoms with Crippen LogP contribution in [0, 0.1) is 0 Å². The van der Waals surface area contributed by atoms with E-state index in [1.165, 1.54) is 75.8 Å². The maximum absolute atomic E-state index is 5.41. The van der Waals surface area contributed by atoms with E-state index in [0.29, 0.717) is 5.82 Å². The maximum atomic E-state index is 5.41. The number of hydrogen-bond acceptors (Lipinski definition) is 4. The first kappa shape index (κ1) is 35.0. The summed E-state index contributed by atoms with van der Waals surface area (Å²) in [5.74, 6) is 0.687. The molecular formula is C58H35N3S. The number of aromatic nitrogens is 3. The number of rotatable bonds is 4. The summed E-state index contributed by atoms with van der Waals surface area (Å²) in [5.41, 5.74) is 18.9. The number of benzene rings is 8. The molecule has 8 aromatic carbocycles. The minimum absolute atomic E-state index is 0.647. The third kappa shape index (κ3) is 5.14. The number of hydrogen-bond donors (Lipinski definition) is 0. The Morgan fingerprint density at radius 3 is 1.63 bits per heavy atom. The molecule has 2 aliphatic rings. The summed E-state index contributed by atoms with van der Waals surface area (Å²) in [5, 5.41) is 2.60. The standard InChI is InChI=1S/C58H35N3S/c1-2-13-37(14-3-1)53-34-54(38-26-24-36(25-27-38)40-15-12-30-59-35-40)61-57(60-53)39-28-29-45-42-17-5-4-16-41(42)43-18-6-9-21-49(43)58(51(45)31-39)50-22-10-7-19-44(50)47-33-56-48(32-52(47)58)46-20-8-11-23-55(46)62-56/h1-35H. The van der Waals surface area contributed by atoms with E-state index in [1.807, 2.05) is 29.8 Å². The SMILES string of the molecule is c1ccc(-c2cc(-c3ccc(-c4cccnc4)cc3)nc(-c3ccc4c(c3)C3(c5ccccc5-c5ccccc5-4)c4ccccc4-c4cc5sc6ccccc6c5cc43)n2)cc1. The van der Waals surface area contributed by atoms with Gasteiger partial charge < -0.3 is 0 Å². The van der Waals surface area contributed by atoms with E-state index in [-0.39, 0.29) is 0 Å². The van der Waals surface area contributed by atoms with Crippen molar-refractivity contribution >= 4 is 31.5 Å². The van der Waals surface area contributed by atoms with Gasteiger partial charge in [-0.05, 0) is 103 Å². The Bertz CT molecular complexity index is 3570. The molecule has 13 rings (SSSR count). The monoisotopic (exact) mass is 805 g/mol. The molecule has 3 heterocycles. The molecule has 0 N–H and O–H groups in total. The number of fused-ring (bicyclic) bond motifs is 15. The lowest BCUT2D eigenvalue weighted by Crippen LogP contribution is -2.29. The van der Waals surface area contributed by atoms with Crippen LogP contribution in [0.2, 0.25) is 0 Å². The van der Waals surface area contributed by atoms with Gasteiger partial charge in [0.15, 0.2) is 5.82 Å². The largest absolute Gasteiger partial charge is 0.264 e. The molecule has 1 unspecified atom stereocenters. The second kappa shape index (κ2) is 13.6. The fourth-order valence-electron chi connectivity index (χ4n) is 10.3. The Morgan fingerprint density at radius 1 is 0.339 bits per heavy atom. The highest BCUT2D eigenvalue weighted by atomic mass is 32.1. The predicted molar refractivity (Wildman–Crippen MR) is 256 cm³/mol. The van der Waals surface area contributed by atoms with E-state index < -0.39 is 5.41 Å². The van der Waals surface area contributed by atoms with Gasteiger partial charge in [-0.25, -0.2) is 9.97 Å². The molecule has 4 heteroatoms. The van der Waals surface area contributed by atoms with E-state index in [2.05, 4.69) is 199 Å². The second-order valence-corrected chi connectivity index (χ2v) is 17.4. The zero-order chi connectivity index (χ0) is 40.8. The Morgan fingerprint density at radius 2 is 0.903 bits per heavy atom. The molecule has 0 saturated carbocycles. The summed E-state index contributed by atoms with van der Waals surface area (Å²) in [6.45, 7) is 0. The van der Waals surface area contributed by atoms with Crippen molar-refractivity contribution in [3.05, 3.63) is 235 Å². The molecule has 0 radical (unpaired) electrons. The van der Waals surface area contributed by atoms with Gasteiger partial charge in [0.25, 0.3) is 0 Å². The number of pyridine rings is 1. The van der Waals surface area contributed by atoms with Crippen LogP contribution in [0.15, 0.2) is 213 Å². The van der Waals surface area contributed by atoms with Gasteiger partial charge in [0.1, 0.15) is 0 Å². The molecule has 0 amide bonds. The highest BCUT2D eigenvalue weighted by Crippen LogP contribution is 2.62. The van der Waals surface area contributed by atoms with Gasteiger partial charge in [-0.15, -0.1) is 11.3 Å². The molecular weight excluding hydrogens is 771 g/mol. The molecule has 2 aliphatic carbocycles. The van der Waals surface area contributed by atoms with Gasteiger partial charge in [0.2, 0.25) is 0 Å². The third-order valence-electron chi connectivity index (χ3n) is 13.0. The maximum Gasteiger partial charge on any atom is 0.160 e. The van der Waals surface area contributed by atoms with Crippen LogP contribution in [-0.2, 0) is 5.41 Å². The first-order chi connectivity index (χ1) is 30.7. The third-order valence-corrected chi connectivity index (χ3v) is 14.2. The number of nitrogens with zero attached hydrogens (tertiary/aromatic N) is 3. The second-order valence-electron chi connectivity index (χ2n) is 16.3. The fraction of sp³-hybridized carbons (Fsp3) is 0.0172. The minimum Gasteiger partial charge on any atom is -0.264 e. The summed E-state index contributed by atoms with van der Waals surface area (Å²) in [6.07, 6.45) is 3.71. The Kier molecular flexibility index (Phi) is 7.69. The Labute approximate surface area is 363 Å². The van der Waals surface area contributed by atoms with Crippen molar-refractivity contribution in [1.82, 2.24) is 15.0 Å². The van der Waals surface area contributed by atoms with Gasteiger partial charge >= 0.3 is 0 Å². The molecule has 11 aromatic rings. The Balaban J connectivity index is 1.10. The van der Waals surface area contributed by atoms with E-state index in [9.17, 15) is 0 Å². The smallest absolute Gasteiger partial charge is 0.160 e. The molecule has 3 aromatic heterocycles. The first-order valence-corrected chi connectivity index (χ1v) is 21.9. The first-order valence-electron chi connectivity index (χ1n) is 21.1. The van der Waals surface area contributed by atoms with Gasteiger partial charge in [-0.1, -0.05) is 164 Å². The van der Waals surface area contributed by atoms with Crippen molar-refractivity contribution < 1.29 is 0 Å². The molecule has 1 spiro atoms. The average molecular weight is 806 g/mol. The zero-order valence-corrected chi connectivity index (χ0v) is 34.3. The topological polar surface area (TPSA) is 38.7 Å². The van der Waals surface area contributed by atoms with Crippen LogP contribution in [0.3, 0.4) is 0 Å². The average Bonchev–Trinajstić information content (AvgIpc) is 3.83. The minimum atomic E-state index is -0.647. The normalized spacial score (nSPS) is 14.5. The van der Waals surface area contributed by atoms with E-state index >= 15 is 0 Å². The lowest BCUT2D eigenvalue weighted by molar-refractivity contribution is 0.777. The van der Waals surface area contributed by atoms with Crippen molar-refractivity contribution in [3.63, 3.8) is 0 Å². The van der Waals surface area contributed by atoms with Gasteiger partial charge in [-0.2, -0.15) is 0 Å². The summed E-state index contributed by atoms with van der Waals surface area (Å²) in [4.78, 5) is 15.1. The lowest BCUT2D eigenvalue weighted by Gasteiger charge is -2.35. The van der Waals surface area contributed by atoms with Gasteiger partial charge in [0, 0.05) is 49.3 Å². The Hall–Kier alpha value is -7.79. The van der Waals surface area contributed by atoms with Crippen molar-refractivity contribution in [2.75, 3.05) is 0 Å². The molecule has 1 atom stereocenters. The van der Waals surface area contributed by atoms with Gasteiger partial charge in [-0.3, -0.25) is 4.98 Å². The fourth-order valence-corrected chi connectivity index (χ4v) is 11.4. The van der Waals surface area contributed by atoms with E-state index in [1.54, 1.807) is 0 Å². The molecule has 0 bridgehead atoms. The molecule has 288 valence electrons. The molecule has 0 fully saturated rings. The summed E-state index contributed by atoms with van der Waals surface area (Å²) in [6, 6.07) is 73.2. The van der Waals surface area contributed by atoms with Gasteiger partial charge in [0.05, 0.1) is 16.8 Å². The van der Waals surface area contributed by atoms with Crippen LogP contribution >= 0.6 is 11.3 Å². The molecule has 3 nitrogen and oxygen atoms in total. The number of thiophene rings is 1. The van der Waals surface area contributed by atoms with Crippen molar-refractivity contribution in [1.29, 1.82) is 0 Å². The van der Waals surface area contributed by atoms with E-state index in [0.717, 1.165) is 39.2 Å². The zero-order valence-electron chi connectivity index (χ0n) is 33.5. The van der Waals surface area contributed by atoms with Crippen LogP contribution in [0.1, 0.15) is 22.3 Å².